The summed E-state index contributed by atoms with van der Waals surface area (Å²) in [6.07, 6.45) is 2.97. The average molecular weight is 264 g/mol. The fourth-order valence-electron chi connectivity index (χ4n) is 2.16. The van der Waals surface area contributed by atoms with E-state index in [-0.39, 0.29) is 6.04 Å². The molecule has 1 atom stereocenters. The van der Waals surface area contributed by atoms with E-state index in [9.17, 15) is 0 Å². The third kappa shape index (κ3) is 2.56. The predicted octanol–water partition coefficient (Wildman–Crippen LogP) is 3.23. The van der Waals surface area contributed by atoms with Crippen LogP contribution in [0.1, 0.15) is 41.2 Å². The minimum atomic E-state index is 0.212. The minimum absolute atomic E-state index is 0.212. The topological polar surface area (TPSA) is 42.7 Å². The Morgan fingerprint density at radius 3 is 2.72 bits per heavy atom. The first-order chi connectivity index (χ1) is 8.51. The molecule has 1 N–H and O–H groups in total. The van der Waals surface area contributed by atoms with Gasteiger partial charge in [-0.2, -0.15) is 5.10 Å². The second-order valence-electron chi connectivity index (χ2n) is 4.56. The first kappa shape index (κ1) is 13.1. The number of nitrogens with zero attached hydrogens (tertiary/aromatic N) is 3. The summed E-state index contributed by atoms with van der Waals surface area (Å²) in [7, 11) is 1.95. The second-order valence-corrected chi connectivity index (χ2v) is 5.96. The summed E-state index contributed by atoms with van der Waals surface area (Å²) in [5.74, 6) is 0. The molecule has 18 heavy (non-hydrogen) atoms. The Bertz CT molecular complexity index is 541. The van der Waals surface area contributed by atoms with E-state index in [1.807, 2.05) is 17.9 Å². The van der Waals surface area contributed by atoms with Crippen LogP contribution in [0, 0.1) is 13.8 Å². The van der Waals surface area contributed by atoms with E-state index in [4.69, 9.17) is 0 Å². The molecule has 98 valence electrons. The van der Waals surface area contributed by atoms with Crippen LogP contribution in [0.3, 0.4) is 0 Å². The summed E-state index contributed by atoms with van der Waals surface area (Å²) in [5.41, 5.74) is 3.36. The molecule has 5 heteroatoms. The zero-order valence-corrected chi connectivity index (χ0v) is 12.4. The van der Waals surface area contributed by atoms with Crippen LogP contribution in [0.4, 0.5) is 5.69 Å². The van der Waals surface area contributed by atoms with Gasteiger partial charge in [-0.15, -0.1) is 11.3 Å². The largest absolute Gasteiger partial charge is 0.374 e. The van der Waals surface area contributed by atoms with Gasteiger partial charge in [-0.05, 0) is 27.2 Å². The van der Waals surface area contributed by atoms with Gasteiger partial charge in [-0.25, -0.2) is 4.98 Å². The van der Waals surface area contributed by atoms with Gasteiger partial charge in [0.1, 0.15) is 0 Å². The van der Waals surface area contributed by atoms with E-state index in [1.54, 1.807) is 11.3 Å². The van der Waals surface area contributed by atoms with Gasteiger partial charge in [0.2, 0.25) is 0 Å². The maximum absolute atomic E-state index is 4.60. The lowest BCUT2D eigenvalue weighted by Crippen LogP contribution is -2.09. The van der Waals surface area contributed by atoms with Gasteiger partial charge in [0.25, 0.3) is 0 Å². The Hall–Kier alpha value is -1.36. The van der Waals surface area contributed by atoms with E-state index in [0.717, 1.165) is 28.5 Å². The number of nitrogens with one attached hydrogen (secondary N) is 1. The van der Waals surface area contributed by atoms with Crippen LogP contribution in [0.15, 0.2) is 6.20 Å². The number of thiazole rings is 1. The molecule has 0 aliphatic heterocycles. The summed E-state index contributed by atoms with van der Waals surface area (Å²) in [6.45, 7) is 8.45. The molecule has 0 saturated carbocycles. The highest BCUT2D eigenvalue weighted by Gasteiger charge is 2.15. The normalized spacial score (nSPS) is 12.7. The SMILES string of the molecule is CCc1nn(C)cc1NC(C)c1nc(C)sc1C. The lowest BCUT2D eigenvalue weighted by molar-refractivity contribution is 0.746. The highest BCUT2D eigenvalue weighted by molar-refractivity contribution is 7.11. The maximum atomic E-state index is 4.60. The summed E-state index contributed by atoms with van der Waals surface area (Å²) < 4.78 is 1.85. The van der Waals surface area contributed by atoms with Crippen LogP contribution in [-0.2, 0) is 13.5 Å². The number of hydrogen-bond donors (Lipinski definition) is 1. The molecule has 0 spiro atoms. The van der Waals surface area contributed by atoms with Gasteiger partial charge >= 0.3 is 0 Å². The molecule has 0 amide bonds. The van der Waals surface area contributed by atoms with E-state index >= 15 is 0 Å². The summed E-state index contributed by atoms with van der Waals surface area (Å²) >= 11 is 1.75. The molecule has 2 rings (SSSR count). The van der Waals surface area contributed by atoms with Gasteiger partial charge in [0.05, 0.1) is 28.1 Å². The molecule has 2 heterocycles. The van der Waals surface area contributed by atoms with E-state index in [2.05, 4.69) is 43.1 Å². The molecule has 2 aromatic heterocycles. The first-order valence-electron chi connectivity index (χ1n) is 6.24. The van der Waals surface area contributed by atoms with E-state index in [1.165, 1.54) is 4.88 Å². The lowest BCUT2D eigenvalue weighted by Gasteiger charge is -2.13. The summed E-state index contributed by atoms with van der Waals surface area (Å²) in [4.78, 5) is 5.88. The second kappa shape index (κ2) is 5.10. The summed E-state index contributed by atoms with van der Waals surface area (Å²) in [6, 6.07) is 0.212. The van der Waals surface area contributed by atoms with Gasteiger partial charge in [0.15, 0.2) is 0 Å². The Morgan fingerprint density at radius 1 is 1.44 bits per heavy atom. The first-order valence-corrected chi connectivity index (χ1v) is 7.06. The highest BCUT2D eigenvalue weighted by Crippen LogP contribution is 2.26. The minimum Gasteiger partial charge on any atom is -0.374 e. The van der Waals surface area contributed by atoms with Crippen LogP contribution < -0.4 is 5.32 Å². The number of aryl methyl sites for hydroxylation is 4. The molecule has 0 saturated heterocycles. The Labute approximate surface area is 112 Å². The summed E-state index contributed by atoms with van der Waals surface area (Å²) in [5, 5.41) is 9.08. The Kier molecular flexibility index (Phi) is 3.71. The molecule has 2 aromatic rings. The monoisotopic (exact) mass is 264 g/mol. The molecule has 0 radical (unpaired) electrons. The molecular weight excluding hydrogens is 244 g/mol. The quantitative estimate of drug-likeness (QED) is 0.922. The van der Waals surface area contributed by atoms with Crippen LogP contribution in [0.2, 0.25) is 0 Å². The van der Waals surface area contributed by atoms with Crippen LogP contribution in [0.5, 0.6) is 0 Å². The van der Waals surface area contributed by atoms with Gasteiger partial charge < -0.3 is 5.32 Å². The molecule has 0 fully saturated rings. The van der Waals surface area contributed by atoms with Crippen molar-refractivity contribution in [2.75, 3.05) is 5.32 Å². The fourth-order valence-corrected chi connectivity index (χ4v) is 3.08. The molecule has 4 nitrogen and oxygen atoms in total. The predicted molar refractivity (Wildman–Crippen MR) is 76.2 cm³/mol. The zero-order chi connectivity index (χ0) is 13.3. The number of aromatic nitrogens is 3. The van der Waals surface area contributed by atoms with E-state index < -0.39 is 0 Å². The smallest absolute Gasteiger partial charge is 0.0901 e. The van der Waals surface area contributed by atoms with Crippen molar-refractivity contribution in [3.05, 3.63) is 27.5 Å². The van der Waals surface area contributed by atoms with E-state index in [0.29, 0.717) is 0 Å². The molecule has 0 bridgehead atoms. The van der Waals surface area contributed by atoms with Crippen molar-refractivity contribution in [2.24, 2.45) is 7.05 Å². The molecular formula is C13H20N4S. The molecule has 1 unspecified atom stereocenters. The molecule has 0 aromatic carbocycles. The van der Waals surface area contributed by atoms with Crippen molar-refractivity contribution in [3.63, 3.8) is 0 Å². The number of hydrogen-bond acceptors (Lipinski definition) is 4. The fraction of sp³-hybridized carbons (Fsp3) is 0.538. The standard InChI is InChI=1S/C13H20N4S/c1-6-11-12(7-17(5)16-11)14-8(2)13-9(3)18-10(4)15-13/h7-8,14H,6H2,1-5H3. The zero-order valence-electron chi connectivity index (χ0n) is 11.6. The maximum Gasteiger partial charge on any atom is 0.0901 e. The average Bonchev–Trinajstić information content (AvgIpc) is 2.81. The third-order valence-electron chi connectivity index (χ3n) is 2.96. The van der Waals surface area contributed by atoms with Crippen molar-refractivity contribution in [3.8, 4) is 0 Å². The van der Waals surface area contributed by atoms with Gasteiger partial charge in [0, 0.05) is 18.1 Å². The van der Waals surface area contributed by atoms with Crippen molar-refractivity contribution in [2.45, 2.75) is 40.2 Å². The van der Waals surface area contributed by atoms with Crippen molar-refractivity contribution in [1.29, 1.82) is 0 Å². The van der Waals surface area contributed by atoms with Crippen LogP contribution in [0.25, 0.3) is 0 Å². The van der Waals surface area contributed by atoms with Gasteiger partial charge in [-0.3, -0.25) is 4.68 Å². The van der Waals surface area contributed by atoms with Crippen molar-refractivity contribution < 1.29 is 0 Å². The number of rotatable bonds is 4. The van der Waals surface area contributed by atoms with Gasteiger partial charge in [-0.1, -0.05) is 6.92 Å². The third-order valence-corrected chi connectivity index (χ3v) is 3.86. The van der Waals surface area contributed by atoms with Crippen molar-refractivity contribution >= 4 is 17.0 Å². The Balaban J connectivity index is 2.20. The Morgan fingerprint density at radius 2 is 2.17 bits per heavy atom. The lowest BCUT2D eigenvalue weighted by atomic mass is 10.2. The van der Waals surface area contributed by atoms with Crippen LogP contribution in [-0.4, -0.2) is 14.8 Å². The van der Waals surface area contributed by atoms with Crippen LogP contribution >= 0.6 is 11.3 Å². The van der Waals surface area contributed by atoms with Crippen molar-refractivity contribution in [1.82, 2.24) is 14.8 Å². The number of anilines is 1. The highest BCUT2D eigenvalue weighted by atomic mass is 32.1. The molecule has 0 aliphatic carbocycles. The molecule has 0 aliphatic rings.